The first-order valence-electron chi connectivity index (χ1n) is 8.30. The Balaban J connectivity index is 1.60. The predicted octanol–water partition coefficient (Wildman–Crippen LogP) is 4.29. The molecule has 2 heterocycles. The summed E-state index contributed by atoms with van der Waals surface area (Å²) >= 11 is 6.08. The van der Waals surface area contributed by atoms with E-state index >= 15 is 0 Å². The molecular weight excluding hydrogens is 296 g/mol. The van der Waals surface area contributed by atoms with Gasteiger partial charge in [0, 0.05) is 52.6 Å². The molecule has 1 aliphatic carbocycles. The highest BCUT2D eigenvalue weighted by Crippen LogP contribution is 2.32. The monoisotopic (exact) mass is 316 g/mol. The lowest BCUT2D eigenvalue weighted by Crippen LogP contribution is -2.40. The van der Waals surface area contributed by atoms with Crippen LogP contribution in [0.1, 0.15) is 43.4 Å². The number of halogens is 1. The second-order valence-corrected chi connectivity index (χ2v) is 7.05. The number of aromatic amines is 1. The van der Waals surface area contributed by atoms with Crippen LogP contribution in [0.3, 0.4) is 0 Å². The third kappa shape index (κ3) is 2.41. The largest absolute Gasteiger partial charge is 0.358 e. The molecule has 0 atom stereocenters. The van der Waals surface area contributed by atoms with Crippen molar-refractivity contribution in [1.29, 1.82) is 0 Å². The Kier molecular flexibility index (Phi) is 3.61. The van der Waals surface area contributed by atoms with Crippen LogP contribution in [0, 0.1) is 5.92 Å². The fourth-order valence-corrected chi connectivity index (χ4v) is 4.16. The topological polar surface area (TPSA) is 36.1 Å². The molecule has 4 heteroatoms. The van der Waals surface area contributed by atoms with E-state index in [2.05, 4.69) is 16.0 Å². The Morgan fingerprint density at radius 2 is 2.05 bits per heavy atom. The first-order valence-corrected chi connectivity index (χ1v) is 8.68. The number of hydrogen-bond donors (Lipinski definition) is 1. The molecule has 0 bridgehead atoms. The van der Waals surface area contributed by atoms with Crippen molar-refractivity contribution >= 4 is 28.4 Å². The molecule has 1 aliphatic heterocycles. The van der Waals surface area contributed by atoms with Crippen LogP contribution in [-0.2, 0) is 17.8 Å². The smallest absolute Gasteiger partial charge is 0.225 e. The van der Waals surface area contributed by atoms with Gasteiger partial charge in [-0.2, -0.15) is 0 Å². The Morgan fingerprint density at radius 1 is 1.23 bits per heavy atom. The number of hydrogen-bond acceptors (Lipinski definition) is 1. The summed E-state index contributed by atoms with van der Waals surface area (Å²) in [4.78, 5) is 18.3. The number of nitrogens with zero attached hydrogens (tertiary/aromatic N) is 1. The lowest BCUT2D eigenvalue weighted by atomic mass is 9.87. The SMILES string of the molecule is O=C(C1CCCCC1)N1CCc2[nH]c3cc(Cl)ccc3c2C1. The molecular formula is C18H21ClN2O. The van der Waals surface area contributed by atoms with E-state index in [1.807, 2.05) is 12.1 Å². The van der Waals surface area contributed by atoms with Crippen LogP contribution >= 0.6 is 11.6 Å². The van der Waals surface area contributed by atoms with E-state index in [1.165, 1.54) is 35.9 Å². The molecule has 2 aliphatic rings. The molecule has 22 heavy (non-hydrogen) atoms. The molecule has 0 unspecified atom stereocenters. The van der Waals surface area contributed by atoms with Crippen molar-refractivity contribution < 1.29 is 4.79 Å². The molecule has 116 valence electrons. The second kappa shape index (κ2) is 5.62. The molecule has 2 aromatic rings. The van der Waals surface area contributed by atoms with Gasteiger partial charge < -0.3 is 9.88 Å². The molecule has 1 amide bonds. The van der Waals surface area contributed by atoms with Gasteiger partial charge in [0.25, 0.3) is 0 Å². The van der Waals surface area contributed by atoms with Gasteiger partial charge in [-0.3, -0.25) is 4.79 Å². The summed E-state index contributed by atoms with van der Waals surface area (Å²) in [6.45, 7) is 1.58. The standard InChI is InChI=1S/C18H21ClN2O/c19-13-6-7-14-15-11-21(9-8-16(15)20-17(14)10-13)18(22)12-4-2-1-3-5-12/h6-7,10,12,20H,1-5,8-9,11H2. The fourth-order valence-electron chi connectivity index (χ4n) is 3.99. The summed E-state index contributed by atoms with van der Waals surface area (Å²) in [7, 11) is 0. The number of carbonyl (C=O) groups is 1. The highest BCUT2D eigenvalue weighted by Gasteiger charge is 2.29. The van der Waals surface area contributed by atoms with E-state index in [9.17, 15) is 4.79 Å². The fraction of sp³-hybridized carbons (Fsp3) is 0.500. The molecule has 1 N–H and O–H groups in total. The van der Waals surface area contributed by atoms with Crippen molar-refractivity contribution in [2.45, 2.75) is 45.1 Å². The number of amides is 1. The van der Waals surface area contributed by atoms with Crippen LogP contribution in [0.15, 0.2) is 18.2 Å². The third-order valence-electron chi connectivity index (χ3n) is 5.20. The summed E-state index contributed by atoms with van der Waals surface area (Å²) in [5, 5.41) is 1.96. The molecule has 1 saturated carbocycles. The lowest BCUT2D eigenvalue weighted by Gasteiger charge is -2.32. The number of benzene rings is 1. The Morgan fingerprint density at radius 3 is 2.86 bits per heavy atom. The molecule has 1 aromatic heterocycles. The van der Waals surface area contributed by atoms with E-state index in [-0.39, 0.29) is 5.92 Å². The maximum atomic E-state index is 12.8. The van der Waals surface area contributed by atoms with Gasteiger partial charge in [-0.1, -0.05) is 36.9 Å². The summed E-state index contributed by atoms with van der Waals surface area (Å²) < 4.78 is 0. The van der Waals surface area contributed by atoms with E-state index in [4.69, 9.17) is 11.6 Å². The number of fused-ring (bicyclic) bond motifs is 3. The van der Waals surface area contributed by atoms with Crippen LogP contribution in [0.5, 0.6) is 0 Å². The summed E-state index contributed by atoms with van der Waals surface area (Å²) in [6, 6.07) is 5.98. The van der Waals surface area contributed by atoms with E-state index < -0.39 is 0 Å². The molecule has 4 rings (SSSR count). The highest BCUT2D eigenvalue weighted by atomic mass is 35.5. The van der Waals surface area contributed by atoms with Crippen molar-refractivity contribution in [2.24, 2.45) is 5.92 Å². The first kappa shape index (κ1) is 14.1. The molecule has 0 spiro atoms. The third-order valence-corrected chi connectivity index (χ3v) is 5.44. The first-order chi connectivity index (χ1) is 10.7. The van der Waals surface area contributed by atoms with Crippen molar-refractivity contribution in [2.75, 3.05) is 6.54 Å². The minimum absolute atomic E-state index is 0.259. The Bertz CT molecular complexity index is 715. The maximum absolute atomic E-state index is 12.8. The average Bonchev–Trinajstić information content (AvgIpc) is 2.91. The number of aromatic nitrogens is 1. The summed E-state index contributed by atoms with van der Waals surface area (Å²) in [6.07, 6.45) is 6.77. The van der Waals surface area contributed by atoms with Gasteiger partial charge in [-0.05, 0) is 25.0 Å². The van der Waals surface area contributed by atoms with E-state index in [0.717, 1.165) is 42.9 Å². The zero-order valence-corrected chi connectivity index (χ0v) is 13.5. The minimum Gasteiger partial charge on any atom is -0.358 e. The van der Waals surface area contributed by atoms with Gasteiger partial charge in [0.1, 0.15) is 0 Å². The normalized spacial score (nSPS) is 19.4. The number of carbonyl (C=O) groups excluding carboxylic acids is 1. The minimum atomic E-state index is 0.259. The average molecular weight is 317 g/mol. The van der Waals surface area contributed by atoms with Crippen LogP contribution in [0.4, 0.5) is 0 Å². The maximum Gasteiger partial charge on any atom is 0.225 e. The summed E-state index contributed by atoms with van der Waals surface area (Å²) in [5.41, 5.74) is 3.64. The van der Waals surface area contributed by atoms with Crippen LogP contribution < -0.4 is 0 Å². The zero-order chi connectivity index (χ0) is 15.1. The van der Waals surface area contributed by atoms with Crippen molar-refractivity contribution in [3.05, 3.63) is 34.5 Å². The van der Waals surface area contributed by atoms with Gasteiger partial charge in [0.15, 0.2) is 0 Å². The highest BCUT2D eigenvalue weighted by molar-refractivity contribution is 6.31. The van der Waals surface area contributed by atoms with Gasteiger partial charge in [-0.25, -0.2) is 0 Å². The van der Waals surface area contributed by atoms with Gasteiger partial charge in [-0.15, -0.1) is 0 Å². The van der Waals surface area contributed by atoms with Gasteiger partial charge in [0.2, 0.25) is 5.91 Å². The van der Waals surface area contributed by atoms with Crippen LogP contribution in [-0.4, -0.2) is 22.3 Å². The lowest BCUT2D eigenvalue weighted by molar-refractivity contribution is -0.137. The number of nitrogens with one attached hydrogen (secondary N) is 1. The predicted molar refractivity (Wildman–Crippen MR) is 89.0 cm³/mol. The van der Waals surface area contributed by atoms with E-state index in [0.29, 0.717) is 5.91 Å². The molecule has 0 saturated heterocycles. The van der Waals surface area contributed by atoms with Crippen molar-refractivity contribution in [3.8, 4) is 0 Å². The Hall–Kier alpha value is -1.48. The summed E-state index contributed by atoms with van der Waals surface area (Å²) in [5.74, 6) is 0.628. The molecule has 1 fully saturated rings. The van der Waals surface area contributed by atoms with Crippen LogP contribution in [0.2, 0.25) is 5.02 Å². The van der Waals surface area contributed by atoms with Crippen molar-refractivity contribution in [3.63, 3.8) is 0 Å². The zero-order valence-electron chi connectivity index (χ0n) is 12.7. The number of H-pyrrole nitrogens is 1. The quantitative estimate of drug-likeness (QED) is 0.837. The van der Waals surface area contributed by atoms with Gasteiger partial charge >= 0.3 is 0 Å². The molecule has 1 aromatic carbocycles. The van der Waals surface area contributed by atoms with Crippen LogP contribution in [0.25, 0.3) is 10.9 Å². The molecule has 3 nitrogen and oxygen atoms in total. The van der Waals surface area contributed by atoms with Crippen molar-refractivity contribution in [1.82, 2.24) is 9.88 Å². The van der Waals surface area contributed by atoms with E-state index in [1.54, 1.807) is 0 Å². The number of rotatable bonds is 1. The molecule has 0 radical (unpaired) electrons. The Labute approximate surface area is 135 Å². The second-order valence-electron chi connectivity index (χ2n) is 6.62. The van der Waals surface area contributed by atoms with Gasteiger partial charge in [0.05, 0.1) is 0 Å².